The van der Waals surface area contributed by atoms with Crippen LogP contribution in [0.5, 0.6) is 0 Å². The summed E-state index contributed by atoms with van der Waals surface area (Å²) in [6.45, 7) is -0.150. The number of aliphatic carboxylic acids is 1. The lowest BCUT2D eigenvalue weighted by molar-refractivity contribution is -0.137. The molecule has 0 heterocycles. The SMILES string of the molecule is O=C(O)CN(C(=O)NCc1ccc(F)c(Cl)c1)C1CC1. The smallest absolute Gasteiger partial charge is 0.323 e. The number of hydrogen-bond acceptors (Lipinski definition) is 2. The van der Waals surface area contributed by atoms with Crippen molar-refractivity contribution in [1.29, 1.82) is 0 Å². The Labute approximate surface area is 120 Å². The van der Waals surface area contributed by atoms with Crippen LogP contribution in [0.2, 0.25) is 5.02 Å². The van der Waals surface area contributed by atoms with E-state index in [1.165, 1.54) is 23.1 Å². The molecule has 1 aromatic carbocycles. The lowest BCUT2D eigenvalue weighted by Crippen LogP contribution is -2.43. The molecule has 0 aliphatic heterocycles. The first kappa shape index (κ1) is 14.6. The highest BCUT2D eigenvalue weighted by atomic mass is 35.5. The Hall–Kier alpha value is -1.82. The van der Waals surface area contributed by atoms with Crippen molar-refractivity contribution in [3.8, 4) is 0 Å². The van der Waals surface area contributed by atoms with Crippen molar-refractivity contribution in [2.75, 3.05) is 6.54 Å². The van der Waals surface area contributed by atoms with Gasteiger partial charge in [-0.1, -0.05) is 17.7 Å². The van der Waals surface area contributed by atoms with Gasteiger partial charge in [0.15, 0.2) is 0 Å². The highest BCUT2D eigenvalue weighted by molar-refractivity contribution is 6.30. The van der Waals surface area contributed by atoms with Crippen LogP contribution in [0.25, 0.3) is 0 Å². The quantitative estimate of drug-likeness (QED) is 0.876. The minimum absolute atomic E-state index is 0.00269. The van der Waals surface area contributed by atoms with Gasteiger partial charge in [-0.2, -0.15) is 0 Å². The first-order valence-electron chi connectivity index (χ1n) is 6.17. The Morgan fingerprint density at radius 1 is 1.45 bits per heavy atom. The van der Waals surface area contributed by atoms with Crippen LogP contribution in [0.3, 0.4) is 0 Å². The van der Waals surface area contributed by atoms with E-state index in [4.69, 9.17) is 16.7 Å². The van der Waals surface area contributed by atoms with Gasteiger partial charge < -0.3 is 15.3 Å². The lowest BCUT2D eigenvalue weighted by Gasteiger charge is -2.20. The number of carbonyl (C=O) groups excluding carboxylic acids is 1. The van der Waals surface area contributed by atoms with Gasteiger partial charge in [0.25, 0.3) is 0 Å². The van der Waals surface area contributed by atoms with Gasteiger partial charge in [0.05, 0.1) is 5.02 Å². The summed E-state index contributed by atoms with van der Waals surface area (Å²) in [6.07, 6.45) is 1.64. The molecule has 1 saturated carbocycles. The molecule has 0 unspecified atom stereocenters. The van der Waals surface area contributed by atoms with E-state index in [9.17, 15) is 14.0 Å². The van der Waals surface area contributed by atoms with E-state index in [2.05, 4.69) is 5.32 Å². The molecular formula is C13H14ClFN2O3. The molecule has 1 aromatic rings. The Balaban J connectivity index is 1.92. The summed E-state index contributed by atoms with van der Waals surface area (Å²) in [7, 11) is 0. The van der Waals surface area contributed by atoms with Crippen LogP contribution >= 0.6 is 11.6 Å². The van der Waals surface area contributed by atoms with Crippen LogP contribution < -0.4 is 5.32 Å². The van der Waals surface area contributed by atoms with Crippen LogP contribution in [0.1, 0.15) is 18.4 Å². The predicted molar refractivity (Wildman–Crippen MR) is 71.0 cm³/mol. The minimum atomic E-state index is -1.04. The molecule has 108 valence electrons. The number of amides is 2. The fraction of sp³-hybridized carbons (Fsp3) is 0.385. The van der Waals surface area contributed by atoms with E-state index in [-0.39, 0.29) is 24.2 Å². The van der Waals surface area contributed by atoms with Crippen molar-refractivity contribution in [1.82, 2.24) is 10.2 Å². The largest absolute Gasteiger partial charge is 0.480 e. The maximum absolute atomic E-state index is 13.0. The fourth-order valence-electron chi connectivity index (χ4n) is 1.83. The highest BCUT2D eigenvalue weighted by Gasteiger charge is 2.33. The monoisotopic (exact) mass is 300 g/mol. The molecule has 2 N–H and O–H groups in total. The van der Waals surface area contributed by atoms with Crippen LogP contribution in [-0.2, 0) is 11.3 Å². The number of halogens is 2. The predicted octanol–water partition coefficient (Wildman–Crippen LogP) is 2.24. The van der Waals surface area contributed by atoms with Gasteiger partial charge in [0.2, 0.25) is 0 Å². The summed E-state index contributed by atoms with van der Waals surface area (Å²) in [5.41, 5.74) is 0.649. The van der Waals surface area contributed by atoms with Crippen molar-refractivity contribution in [2.24, 2.45) is 0 Å². The highest BCUT2D eigenvalue weighted by Crippen LogP contribution is 2.26. The molecule has 0 radical (unpaired) electrons. The molecule has 1 aliphatic carbocycles. The minimum Gasteiger partial charge on any atom is -0.480 e. The van der Waals surface area contributed by atoms with Gasteiger partial charge in [0, 0.05) is 12.6 Å². The van der Waals surface area contributed by atoms with E-state index in [1.54, 1.807) is 0 Å². The normalized spacial score (nSPS) is 13.9. The second kappa shape index (κ2) is 6.09. The van der Waals surface area contributed by atoms with Gasteiger partial charge in [-0.25, -0.2) is 9.18 Å². The van der Waals surface area contributed by atoms with Crippen molar-refractivity contribution < 1.29 is 19.1 Å². The zero-order valence-electron chi connectivity index (χ0n) is 10.6. The van der Waals surface area contributed by atoms with Gasteiger partial charge >= 0.3 is 12.0 Å². The molecular weight excluding hydrogens is 287 g/mol. The number of carbonyl (C=O) groups is 2. The summed E-state index contributed by atoms with van der Waals surface area (Å²) in [6, 6.07) is 3.73. The number of hydrogen-bond donors (Lipinski definition) is 2. The van der Waals surface area contributed by atoms with Crippen LogP contribution in [0.15, 0.2) is 18.2 Å². The summed E-state index contributed by atoms with van der Waals surface area (Å²) in [5, 5.41) is 11.4. The van der Waals surface area contributed by atoms with Gasteiger partial charge in [-0.15, -0.1) is 0 Å². The molecule has 0 atom stereocenters. The Morgan fingerprint density at radius 3 is 2.70 bits per heavy atom. The van der Waals surface area contributed by atoms with Gasteiger partial charge in [-0.3, -0.25) is 4.79 Å². The second-order valence-electron chi connectivity index (χ2n) is 4.66. The van der Waals surface area contributed by atoms with E-state index in [0.717, 1.165) is 12.8 Å². The number of rotatable bonds is 5. The number of carboxylic acid groups (broad SMARTS) is 1. The average Bonchev–Trinajstić information content (AvgIpc) is 3.21. The number of nitrogens with zero attached hydrogens (tertiary/aromatic N) is 1. The second-order valence-corrected chi connectivity index (χ2v) is 5.07. The molecule has 0 bridgehead atoms. The Morgan fingerprint density at radius 2 is 2.15 bits per heavy atom. The third-order valence-corrected chi connectivity index (χ3v) is 3.27. The summed E-state index contributed by atoms with van der Waals surface area (Å²) in [5.74, 6) is -1.57. The van der Waals surface area contributed by atoms with E-state index < -0.39 is 17.8 Å². The summed E-state index contributed by atoms with van der Waals surface area (Å²) < 4.78 is 13.0. The topological polar surface area (TPSA) is 69.6 Å². The average molecular weight is 301 g/mol. The molecule has 2 amide bonds. The maximum atomic E-state index is 13.0. The first-order chi connectivity index (χ1) is 9.47. The Kier molecular flexibility index (Phi) is 4.44. The molecule has 0 aromatic heterocycles. The van der Waals surface area contributed by atoms with Crippen molar-refractivity contribution in [2.45, 2.75) is 25.4 Å². The zero-order chi connectivity index (χ0) is 14.7. The molecule has 7 heteroatoms. The molecule has 0 spiro atoms. The fourth-order valence-corrected chi connectivity index (χ4v) is 2.03. The van der Waals surface area contributed by atoms with Gasteiger partial charge in [0.1, 0.15) is 12.4 Å². The molecule has 0 saturated heterocycles. The van der Waals surface area contributed by atoms with E-state index in [1.807, 2.05) is 0 Å². The molecule has 1 aliphatic rings. The van der Waals surface area contributed by atoms with Crippen molar-refractivity contribution in [3.63, 3.8) is 0 Å². The lowest BCUT2D eigenvalue weighted by atomic mass is 10.2. The number of carboxylic acids is 1. The van der Waals surface area contributed by atoms with Crippen LogP contribution in [0.4, 0.5) is 9.18 Å². The third-order valence-electron chi connectivity index (χ3n) is 2.98. The number of urea groups is 1. The molecule has 1 fully saturated rings. The van der Waals surface area contributed by atoms with Crippen molar-refractivity contribution in [3.05, 3.63) is 34.6 Å². The van der Waals surface area contributed by atoms with Crippen LogP contribution in [-0.4, -0.2) is 34.6 Å². The van der Waals surface area contributed by atoms with Gasteiger partial charge in [-0.05, 0) is 30.5 Å². The molecule has 2 rings (SSSR count). The number of nitrogens with one attached hydrogen (secondary N) is 1. The van der Waals surface area contributed by atoms with Crippen LogP contribution in [0, 0.1) is 5.82 Å². The zero-order valence-corrected chi connectivity index (χ0v) is 11.4. The summed E-state index contributed by atoms with van der Waals surface area (Å²) in [4.78, 5) is 24.0. The maximum Gasteiger partial charge on any atom is 0.323 e. The van der Waals surface area contributed by atoms with E-state index >= 15 is 0 Å². The first-order valence-corrected chi connectivity index (χ1v) is 6.55. The Bertz CT molecular complexity index is 534. The molecule has 5 nitrogen and oxygen atoms in total. The van der Waals surface area contributed by atoms with Crippen molar-refractivity contribution >= 4 is 23.6 Å². The third kappa shape index (κ3) is 3.84. The standard InChI is InChI=1S/C13H14ClFN2O3/c14-10-5-8(1-4-11(10)15)6-16-13(20)17(7-12(18)19)9-2-3-9/h1,4-5,9H,2-3,6-7H2,(H,16,20)(H,18,19). The molecule has 20 heavy (non-hydrogen) atoms. The summed E-state index contributed by atoms with van der Waals surface area (Å²) >= 11 is 5.65. The van der Waals surface area contributed by atoms with E-state index in [0.29, 0.717) is 5.56 Å². The number of benzene rings is 1.